The van der Waals surface area contributed by atoms with Crippen molar-refractivity contribution >= 4 is 11.6 Å². The number of nitrogens with one attached hydrogen (secondary N) is 1. The largest absolute Gasteiger partial charge is 0.481 e. The molecule has 19 heavy (non-hydrogen) atoms. The van der Waals surface area contributed by atoms with Gasteiger partial charge in [-0.15, -0.1) is 0 Å². The molecule has 3 nitrogen and oxygen atoms in total. The fourth-order valence-electron chi connectivity index (χ4n) is 1.83. The van der Waals surface area contributed by atoms with Gasteiger partial charge in [-0.25, -0.2) is 4.98 Å². The Morgan fingerprint density at radius 3 is 2.84 bits per heavy atom. The van der Waals surface area contributed by atoms with E-state index in [0.29, 0.717) is 12.4 Å². The third kappa shape index (κ3) is 3.69. The summed E-state index contributed by atoms with van der Waals surface area (Å²) in [6.07, 6.45) is 1.72. The predicted octanol–water partition coefficient (Wildman–Crippen LogP) is 3.34. The van der Waals surface area contributed by atoms with Crippen LogP contribution in [0.3, 0.4) is 0 Å². The maximum atomic E-state index is 6.10. The summed E-state index contributed by atoms with van der Waals surface area (Å²) in [4.78, 5) is 4.17. The molecule has 1 N–H and O–H groups in total. The Morgan fingerprint density at radius 2 is 2.11 bits per heavy atom. The van der Waals surface area contributed by atoms with Gasteiger partial charge in [-0.3, -0.25) is 0 Å². The van der Waals surface area contributed by atoms with Crippen molar-refractivity contribution in [3.8, 4) is 5.88 Å². The quantitative estimate of drug-likeness (QED) is 0.909. The van der Waals surface area contributed by atoms with Crippen molar-refractivity contribution < 1.29 is 4.74 Å². The molecule has 2 rings (SSSR count). The minimum Gasteiger partial charge on any atom is -0.481 e. The maximum absolute atomic E-state index is 6.10. The van der Waals surface area contributed by atoms with Gasteiger partial charge in [0.25, 0.3) is 0 Å². The van der Waals surface area contributed by atoms with Gasteiger partial charge in [0.05, 0.1) is 7.11 Å². The van der Waals surface area contributed by atoms with Crippen molar-refractivity contribution in [2.75, 3.05) is 7.11 Å². The van der Waals surface area contributed by atoms with E-state index >= 15 is 0 Å². The lowest BCUT2D eigenvalue weighted by atomic mass is 10.1. The summed E-state index contributed by atoms with van der Waals surface area (Å²) in [5.74, 6) is 0.664. The summed E-state index contributed by atoms with van der Waals surface area (Å²) in [5, 5.41) is 4.16. The number of pyridine rings is 1. The van der Waals surface area contributed by atoms with Crippen LogP contribution in [-0.2, 0) is 13.1 Å². The van der Waals surface area contributed by atoms with Crippen molar-refractivity contribution in [1.82, 2.24) is 10.3 Å². The topological polar surface area (TPSA) is 34.1 Å². The lowest BCUT2D eigenvalue weighted by Gasteiger charge is -2.09. The molecule has 0 aliphatic heterocycles. The van der Waals surface area contributed by atoms with Crippen LogP contribution >= 0.6 is 11.6 Å². The zero-order valence-electron chi connectivity index (χ0n) is 11.1. The Balaban J connectivity index is 1.94. The first-order valence-electron chi connectivity index (χ1n) is 6.14. The number of halogens is 1. The van der Waals surface area contributed by atoms with Crippen LogP contribution in [0.5, 0.6) is 5.88 Å². The Hall–Kier alpha value is -1.58. The molecular weight excluding hydrogens is 260 g/mol. The van der Waals surface area contributed by atoms with Crippen LogP contribution < -0.4 is 10.1 Å². The summed E-state index contributed by atoms with van der Waals surface area (Å²) < 4.78 is 5.21. The predicted molar refractivity (Wildman–Crippen MR) is 77.5 cm³/mol. The van der Waals surface area contributed by atoms with E-state index < -0.39 is 0 Å². The number of rotatable bonds is 5. The highest BCUT2D eigenvalue weighted by atomic mass is 35.5. The Bertz CT molecular complexity index is 558. The van der Waals surface area contributed by atoms with E-state index in [4.69, 9.17) is 16.3 Å². The molecule has 0 radical (unpaired) electrons. The number of aryl methyl sites for hydroxylation is 1. The number of ether oxygens (including phenoxy) is 1. The zero-order valence-corrected chi connectivity index (χ0v) is 11.9. The van der Waals surface area contributed by atoms with E-state index in [2.05, 4.69) is 16.4 Å². The molecule has 0 fully saturated rings. The van der Waals surface area contributed by atoms with Gasteiger partial charge in [0.1, 0.15) is 0 Å². The normalized spacial score (nSPS) is 10.5. The van der Waals surface area contributed by atoms with Crippen LogP contribution in [0, 0.1) is 6.92 Å². The molecule has 0 saturated carbocycles. The van der Waals surface area contributed by atoms with E-state index in [0.717, 1.165) is 22.7 Å². The third-order valence-corrected chi connectivity index (χ3v) is 3.33. The second kappa shape index (κ2) is 6.55. The number of nitrogens with zero attached hydrogens (tertiary/aromatic N) is 1. The van der Waals surface area contributed by atoms with Crippen LogP contribution in [-0.4, -0.2) is 12.1 Å². The lowest BCUT2D eigenvalue weighted by Crippen LogP contribution is -2.13. The van der Waals surface area contributed by atoms with Crippen molar-refractivity contribution in [2.45, 2.75) is 20.0 Å². The molecule has 0 unspecified atom stereocenters. The molecule has 0 spiro atoms. The first kappa shape index (κ1) is 13.8. The highest BCUT2D eigenvalue weighted by Crippen LogP contribution is 2.17. The summed E-state index contributed by atoms with van der Waals surface area (Å²) in [6.45, 7) is 3.47. The molecule has 0 bridgehead atoms. The average Bonchev–Trinajstić information content (AvgIpc) is 2.43. The highest BCUT2D eigenvalue weighted by Gasteiger charge is 2.03. The number of benzene rings is 1. The molecule has 0 amide bonds. The van der Waals surface area contributed by atoms with E-state index in [1.807, 2.05) is 31.2 Å². The van der Waals surface area contributed by atoms with Crippen molar-refractivity contribution in [1.29, 1.82) is 0 Å². The number of hydrogen-bond donors (Lipinski definition) is 1. The molecule has 2 aromatic rings. The first-order chi connectivity index (χ1) is 9.20. The summed E-state index contributed by atoms with van der Waals surface area (Å²) in [6, 6.07) is 10.0. The van der Waals surface area contributed by atoms with Crippen LogP contribution in [0.15, 0.2) is 36.5 Å². The Kier molecular flexibility index (Phi) is 4.77. The molecule has 1 heterocycles. The second-order valence-electron chi connectivity index (χ2n) is 4.36. The lowest BCUT2D eigenvalue weighted by molar-refractivity contribution is 0.390. The fraction of sp³-hybridized carbons (Fsp3) is 0.267. The van der Waals surface area contributed by atoms with Gasteiger partial charge in [0.2, 0.25) is 5.88 Å². The van der Waals surface area contributed by atoms with Gasteiger partial charge in [0.15, 0.2) is 0 Å². The minimum absolute atomic E-state index is 0.664. The molecule has 100 valence electrons. The van der Waals surface area contributed by atoms with E-state index in [1.165, 1.54) is 5.56 Å². The summed E-state index contributed by atoms with van der Waals surface area (Å²) in [5.41, 5.74) is 3.31. The average molecular weight is 277 g/mol. The third-order valence-electron chi connectivity index (χ3n) is 2.92. The summed E-state index contributed by atoms with van der Waals surface area (Å²) in [7, 11) is 1.63. The van der Waals surface area contributed by atoms with E-state index in [1.54, 1.807) is 13.3 Å². The molecule has 4 heteroatoms. The van der Waals surface area contributed by atoms with Gasteiger partial charge in [-0.2, -0.15) is 0 Å². The smallest absolute Gasteiger partial charge is 0.217 e. The Labute approximate surface area is 118 Å². The minimum atomic E-state index is 0.664. The van der Waals surface area contributed by atoms with Crippen molar-refractivity contribution in [2.24, 2.45) is 0 Å². The monoisotopic (exact) mass is 276 g/mol. The number of aromatic nitrogens is 1. The van der Waals surface area contributed by atoms with Crippen LogP contribution in [0.1, 0.15) is 16.7 Å². The van der Waals surface area contributed by atoms with Gasteiger partial charge in [-0.1, -0.05) is 29.8 Å². The Morgan fingerprint density at radius 1 is 1.26 bits per heavy atom. The van der Waals surface area contributed by atoms with Crippen LogP contribution in [0.4, 0.5) is 0 Å². The molecule has 0 aliphatic rings. The molecular formula is C15H17ClN2O. The van der Waals surface area contributed by atoms with Crippen LogP contribution in [0.2, 0.25) is 5.02 Å². The maximum Gasteiger partial charge on any atom is 0.217 e. The van der Waals surface area contributed by atoms with E-state index in [-0.39, 0.29) is 0 Å². The molecule has 1 aromatic carbocycles. The van der Waals surface area contributed by atoms with Gasteiger partial charge < -0.3 is 10.1 Å². The second-order valence-corrected chi connectivity index (χ2v) is 4.77. The summed E-state index contributed by atoms with van der Waals surface area (Å²) >= 11 is 6.10. The standard InChI is InChI=1S/C15H17ClN2O/c1-11-5-6-12(8-14(11)16)9-17-10-13-4-3-7-18-15(13)19-2/h3-8,17H,9-10H2,1-2H3. The molecule has 1 aromatic heterocycles. The number of methoxy groups -OCH3 is 1. The molecule has 0 saturated heterocycles. The van der Waals surface area contributed by atoms with E-state index in [9.17, 15) is 0 Å². The molecule has 0 atom stereocenters. The fourth-order valence-corrected chi connectivity index (χ4v) is 2.03. The first-order valence-corrected chi connectivity index (χ1v) is 6.52. The number of hydrogen-bond acceptors (Lipinski definition) is 3. The molecule has 0 aliphatic carbocycles. The SMILES string of the molecule is COc1ncccc1CNCc1ccc(C)c(Cl)c1. The van der Waals surface area contributed by atoms with Crippen LogP contribution in [0.25, 0.3) is 0 Å². The zero-order chi connectivity index (χ0) is 13.7. The van der Waals surface area contributed by atoms with Gasteiger partial charge in [-0.05, 0) is 30.2 Å². The van der Waals surface area contributed by atoms with Gasteiger partial charge >= 0.3 is 0 Å². The highest BCUT2D eigenvalue weighted by molar-refractivity contribution is 6.31. The van der Waals surface area contributed by atoms with Gasteiger partial charge in [0, 0.05) is 29.9 Å². The van der Waals surface area contributed by atoms with Crippen molar-refractivity contribution in [3.63, 3.8) is 0 Å². The van der Waals surface area contributed by atoms with Crippen molar-refractivity contribution in [3.05, 3.63) is 58.2 Å².